The molecule has 0 bridgehead atoms. The molecule has 3 aliphatic heterocycles. The van der Waals surface area contributed by atoms with E-state index < -0.39 is 77.5 Å². The molecule has 0 unspecified atom stereocenters. The largest absolute Gasteiger partial charge is 0.495 e. The van der Waals surface area contributed by atoms with Crippen molar-refractivity contribution in [3.8, 4) is 0 Å². The first-order valence-electron chi connectivity index (χ1n) is 19.3. The van der Waals surface area contributed by atoms with Crippen molar-refractivity contribution in [1.29, 1.82) is 0 Å². The molecule has 2 aromatic carbocycles. The Hall–Kier alpha value is -2.79. The number of esters is 4. The van der Waals surface area contributed by atoms with Gasteiger partial charge in [-0.05, 0) is 82.3 Å². The maximum Gasteiger partial charge on any atom is 0.495 e. The first-order valence-corrected chi connectivity index (χ1v) is 22.2. The van der Waals surface area contributed by atoms with Crippen LogP contribution >= 0.6 is 35.1 Å². The van der Waals surface area contributed by atoms with Crippen LogP contribution in [0.25, 0.3) is 0 Å². The second-order valence-corrected chi connectivity index (χ2v) is 18.3. The Morgan fingerprint density at radius 3 is 1.34 bits per heavy atom. The molecule has 0 radical (unpaired) electrons. The van der Waals surface area contributed by atoms with Gasteiger partial charge in [0.25, 0.3) is 0 Å². The van der Waals surface area contributed by atoms with E-state index in [1.807, 2.05) is 104 Å². The number of benzene rings is 2. The fourth-order valence-electron chi connectivity index (χ4n) is 7.29. The van der Waals surface area contributed by atoms with Crippen molar-refractivity contribution in [1.82, 2.24) is 0 Å². The maximum atomic E-state index is 11.9. The van der Waals surface area contributed by atoms with Crippen molar-refractivity contribution in [3.63, 3.8) is 0 Å². The summed E-state index contributed by atoms with van der Waals surface area (Å²) in [5.41, 5.74) is 2.97. The summed E-state index contributed by atoms with van der Waals surface area (Å²) in [7, 11) is -0.497. The molecule has 5 rings (SSSR count). The van der Waals surface area contributed by atoms with Crippen LogP contribution in [0.3, 0.4) is 0 Å². The van der Waals surface area contributed by atoms with Crippen LogP contribution in [0, 0.1) is 25.7 Å². The monoisotopic (exact) mass is 864 g/mol. The lowest BCUT2D eigenvalue weighted by Crippen LogP contribution is -2.52. The maximum absolute atomic E-state index is 11.9. The summed E-state index contributed by atoms with van der Waals surface area (Å²) in [6.07, 6.45) is 0.448. The average molecular weight is 865 g/mol. The highest BCUT2D eigenvalue weighted by molar-refractivity contribution is 7.99. The number of hydrogen-bond acceptors (Lipinski definition) is 14. The smallest absolute Gasteiger partial charge is 0.458 e. The summed E-state index contributed by atoms with van der Waals surface area (Å²) in [5.74, 6) is -2.19. The molecule has 0 N–H and O–H groups in total. The van der Waals surface area contributed by atoms with Crippen molar-refractivity contribution < 1.29 is 56.9 Å². The number of halogens is 1. The number of carbonyl (C=O) groups is 4. The van der Waals surface area contributed by atoms with Crippen LogP contribution in [-0.4, -0.2) is 90.0 Å². The molecular weight excluding hydrogens is 807 g/mol. The summed E-state index contributed by atoms with van der Waals surface area (Å²) in [4.78, 5) is 46.7. The number of ether oxygens (including phenoxy) is 6. The van der Waals surface area contributed by atoms with E-state index in [-0.39, 0.29) is 24.0 Å². The van der Waals surface area contributed by atoms with Crippen LogP contribution in [0.1, 0.15) is 104 Å². The zero-order chi connectivity index (χ0) is 43.4. The number of carbonyl (C=O) groups excluding carboxylic acids is 4. The molecule has 58 heavy (non-hydrogen) atoms. The van der Waals surface area contributed by atoms with Gasteiger partial charge in [-0.2, -0.15) is 0 Å². The van der Waals surface area contributed by atoms with Gasteiger partial charge in [-0.15, -0.1) is 23.5 Å². The van der Waals surface area contributed by atoms with Gasteiger partial charge in [-0.3, -0.25) is 19.2 Å². The second kappa shape index (κ2) is 19.7. The molecule has 320 valence electrons. The second-order valence-electron chi connectivity index (χ2n) is 16.0. The predicted octanol–water partition coefficient (Wildman–Crippen LogP) is 7.46. The predicted molar refractivity (Wildman–Crippen MR) is 226 cm³/mol. The van der Waals surface area contributed by atoms with E-state index in [1.54, 1.807) is 0 Å². The summed E-state index contributed by atoms with van der Waals surface area (Å²) in [5, 5.41) is 0.653. The van der Waals surface area contributed by atoms with E-state index in [9.17, 15) is 19.2 Å². The van der Waals surface area contributed by atoms with Crippen LogP contribution in [0.2, 0.25) is 5.02 Å². The molecule has 0 aromatic heterocycles. The quantitative estimate of drug-likeness (QED) is 0.140. The minimum absolute atomic E-state index is 0.213. The fourth-order valence-corrected chi connectivity index (χ4v) is 8.90. The molecule has 3 aliphatic rings. The third kappa shape index (κ3) is 11.1. The van der Waals surface area contributed by atoms with Gasteiger partial charge in [-0.25, -0.2) is 0 Å². The Bertz CT molecular complexity index is 1790. The van der Waals surface area contributed by atoms with E-state index >= 15 is 0 Å². The molecule has 0 saturated carbocycles. The number of aryl methyl sites for hydroxylation is 2. The first-order chi connectivity index (χ1) is 27.0. The number of thioether (sulfide) groups is 2. The van der Waals surface area contributed by atoms with Crippen LogP contribution in [0.4, 0.5) is 0 Å². The van der Waals surface area contributed by atoms with E-state index in [2.05, 4.69) is 0 Å². The van der Waals surface area contributed by atoms with Crippen molar-refractivity contribution in [2.24, 2.45) is 11.8 Å². The van der Waals surface area contributed by atoms with Crippen LogP contribution < -0.4 is 5.46 Å². The fraction of sp³-hybridized carbons (Fsp3) is 0.619. The van der Waals surface area contributed by atoms with E-state index in [0.29, 0.717) is 5.02 Å². The zero-order valence-electron chi connectivity index (χ0n) is 35.9. The third-order valence-corrected chi connectivity index (χ3v) is 13.2. The SMILES string of the molecule is CS[C@H]1O[C@@H](c2ccc(C)c(B3OC(C)(C)C(C)(C)O3)c2)[C@H](C)[C@@H](OC(C)=O)[C@@H]1OC(C)=O.CS[C@H]1O[C@@H](c2ccc(C)c(Cl)c2)[C@H](C)[C@@H](OC(C)=O)[C@@H]1OC(C)=O. The van der Waals surface area contributed by atoms with Gasteiger partial charge in [0.15, 0.2) is 12.2 Å². The lowest BCUT2D eigenvalue weighted by molar-refractivity contribution is -0.208. The first kappa shape index (κ1) is 47.9. The third-order valence-electron chi connectivity index (χ3n) is 11.1. The van der Waals surface area contributed by atoms with Gasteiger partial charge in [0.1, 0.15) is 23.1 Å². The van der Waals surface area contributed by atoms with Gasteiger partial charge in [0.05, 0.1) is 23.4 Å². The van der Waals surface area contributed by atoms with Gasteiger partial charge in [0.2, 0.25) is 0 Å². The topological polar surface area (TPSA) is 142 Å². The van der Waals surface area contributed by atoms with Gasteiger partial charge in [0, 0.05) is 44.6 Å². The highest BCUT2D eigenvalue weighted by atomic mass is 35.5. The summed E-state index contributed by atoms with van der Waals surface area (Å²) < 4.78 is 47.3. The number of rotatable bonds is 9. The Labute approximate surface area is 356 Å². The highest BCUT2D eigenvalue weighted by Gasteiger charge is 2.53. The van der Waals surface area contributed by atoms with Crippen LogP contribution in [0.5, 0.6) is 0 Å². The Balaban J connectivity index is 0.000000267. The van der Waals surface area contributed by atoms with Crippen LogP contribution in [0.15, 0.2) is 36.4 Å². The molecule has 3 fully saturated rings. The van der Waals surface area contributed by atoms with Crippen molar-refractivity contribution >= 4 is 71.6 Å². The Morgan fingerprint density at radius 2 is 0.983 bits per heavy atom. The van der Waals surface area contributed by atoms with E-state index in [0.717, 1.165) is 27.7 Å². The normalized spacial score (nSPS) is 30.0. The number of hydrogen-bond donors (Lipinski definition) is 0. The molecule has 2 aromatic rings. The molecule has 0 amide bonds. The summed E-state index contributed by atoms with van der Waals surface area (Å²) >= 11 is 9.08. The minimum Gasteiger partial charge on any atom is -0.458 e. The molecule has 0 aliphatic carbocycles. The molecule has 0 spiro atoms. The van der Waals surface area contributed by atoms with Crippen LogP contribution in [-0.2, 0) is 56.9 Å². The van der Waals surface area contributed by atoms with Crippen molar-refractivity contribution in [3.05, 3.63) is 63.7 Å². The average Bonchev–Trinajstić information content (AvgIpc) is 3.35. The van der Waals surface area contributed by atoms with E-state index in [4.69, 9.17) is 49.3 Å². The summed E-state index contributed by atoms with van der Waals surface area (Å²) in [6.45, 7) is 21.3. The summed E-state index contributed by atoms with van der Waals surface area (Å²) in [6, 6.07) is 11.8. The van der Waals surface area contributed by atoms with Crippen molar-refractivity contribution in [2.75, 3.05) is 12.5 Å². The molecule has 16 heteroatoms. The van der Waals surface area contributed by atoms with Gasteiger partial charge < -0.3 is 37.7 Å². The Kier molecular flexibility index (Phi) is 16.3. The lowest BCUT2D eigenvalue weighted by Gasteiger charge is -2.44. The van der Waals surface area contributed by atoms with E-state index in [1.165, 1.54) is 51.2 Å². The zero-order valence-corrected chi connectivity index (χ0v) is 38.3. The minimum atomic E-state index is -0.694. The lowest BCUT2D eigenvalue weighted by atomic mass is 9.74. The van der Waals surface area contributed by atoms with Gasteiger partial charge >= 0.3 is 31.0 Å². The highest BCUT2D eigenvalue weighted by Crippen LogP contribution is 2.44. The van der Waals surface area contributed by atoms with Crippen molar-refractivity contribution in [2.45, 2.75) is 142 Å². The standard InChI is InChI=1S/C24H35BO7S.C18H23ClO5S/c1-13-10-11-17(12-18(13)25-31-23(5,6)24(7,8)32-25)19-14(2)20(28-15(3)26)21(29-16(4)27)22(30-19)33-9;1-9-6-7-13(8-14(9)19)15-10(2)16(22-11(3)20)17(23-12(4)21)18(24-15)25-5/h10-12,14,19-22H,1-9H3;6-8,10,15-18H,1-5H3/t14-,19+,20+,21-,22+;10-,15+,16+,17-,18+/m00/s1. The van der Waals surface area contributed by atoms with Gasteiger partial charge in [-0.1, -0.05) is 61.3 Å². The molecule has 3 heterocycles. The molecule has 12 nitrogen and oxygen atoms in total. The molecule has 10 atom stereocenters. The molecule has 3 saturated heterocycles. The Morgan fingerprint density at radius 1 is 0.621 bits per heavy atom. The molecular formula is C42H58BClO12S2.